The van der Waals surface area contributed by atoms with Crippen LogP contribution in [0.15, 0.2) is 55.4 Å². The Bertz CT molecular complexity index is 1320. The molecule has 1 atom stereocenters. The maximum atomic E-state index is 13.6. The first-order valence-corrected chi connectivity index (χ1v) is 10.4. The first-order chi connectivity index (χ1) is 16.6. The number of alkyl halides is 5. The summed E-state index contributed by atoms with van der Waals surface area (Å²) in [5.41, 5.74) is -0.733. The molecule has 1 aliphatic heterocycles. The zero-order valence-electron chi connectivity index (χ0n) is 17.7. The van der Waals surface area contributed by atoms with Gasteiger partial charge in [-0.2, -0.15) is 22.0 Å². The van der Waals surface area contributed by atoms with Gasteiger partial charge in [0.15, 0.2) is 5.82 Å². The summed E-state index contributed by atoms with van der Waals surface area (Å²) in [6, 6.07) is 2.95. The number of hydrogen-bond acceptors (Lipinski definition) is 6. The van der Waals surface area contributed by atoms with Gasteiger partial charge in [-0.1, -0.05) is 6.08 Å². The SMILES string of the molecule is O=C(NC1C=CC=C(c2nncn2C2CC2)N1)c1cc(-n2cnc(C(F)(F)C(F)(F)F)c2)ccn1. The van der Waals surface area contributed by atoms with Crippen LogP contribution in [-0.2, 0) is 5.92 Å². The Balaban J connectivity index is 1.29. The number of pyridine rings is 1. The topological polar surface area (TPSA) is 103 Å². The van der Waals surface area contributed by atoms with Gasteiger partial charge in [-0.15, -0.1) is 10.2 Å². The second-order valence-corrected chi connectivity index (χ2v) is 7.99. The van der Waals surface area contributed by atoms with Crippen molar-refractivity contribution in [1.29, 1.82) is 0 Å². The standard InChI is InChI=1S/C21H17F5N8O/c22-20(23,21(24,25)26)16-9-33(10-28-16)13-6-7-27-15(8-13)19(35)31-17-3-1-2-14(30-17)18-32-29-11-34(18)12-4-5-12/h1-3,6-12,17,30H,4-5H2,(H,31,35). The molecule has 3 aromatic rings. The van der Waals surface area contributed by atoms with Gasteiger partial charge in [-0.25, -0.2) is 4.98 Å². The number of nitrogens with zero attached hydrogens (tertiary/aromatic N) is 6. The second-order valence-electron chi connectivity index (χ2n) is 7.99. The van der Waals surface area contributed by atoms with Crippen LogP contribution >= 0.6 is 0 Å². The summed E-state index contributed by atoms with van der Waals surface area (Å²) in [6.45, 7) is 0. The van der Waals surface area contributed by atoms with Gasteiger partial charge < -0.3 is 19.8 Å². The minimum atomic E-state index is -5.78. The van der Waals surface area contributed by atoms with Gasteiger partial charge in [-0.3, -0.25) is 9.78 Å². The van der Waals surface area contributed by atoms with Crippen LogP contribution < -0.4 is 10.6 Å². The van der Waals surface area contributed by atoms with Gasteiger partial charge in [0.2, 0.25) is 0 Å². The summed E-state index contributed by atoms with van der Waals surface area (Å²) in [6.07, 6.45) is 5.21. The molecule has 2 N–H and O–H groups in total. The first kappa shape index (κ1) is 22.7. The highest BCUT2D eigenvalue weighted by Gasteiger charge is 2.60. The van der Waals surface area contributed by atoms with Crippen molar-refractivity contribution in [2.45, 2.75) is 37.1 Å². The molecule has 4 heterocycles. The maximum absolute atomic E-state index is 13.6. The second kappa shape index (κ2) is 8.29. The highest BCUT2D eigenvalue weighted by Crippen LogP contribution is 2.43. The molecule has 9 nitrogen and oxygen atoms in total. The number of hydrogen-bond donors (Lipinski definition) is 2. The number of carbonyl (C=O) groups is 1. The number of rotatable bonds is 6. The lowest BCUT2D eigenvalue weighted by Gasteiger charge is -2.22. The lowest BCUT2D eigenvalue weighted by Crippen LogP contribution is -2.44. The van der Waals surface area contributed by atoms with E-state index in [1.807, 2.05) is 4.57 Å². The number of imidazole rings is 1. The summed E-state index contributed by atoms with van der Waals surface area (Å²) < 4.78 is 67.9. The Morgan fingerprint density at radius 1 is 1.14 bits per heavy atom. The van der Waals surface area contributed by atoms with Crippen LogP contribution in [0.3, 0.4) is 0 Å². The predicted octanol–water partition coefficient (Wildman–Crippen LogP) is 3.10. The van der Waals surface area contributed by atoms with Crippen LogP contribution in [-0.4, -0.2) is 47.5 Å². The van der Waals surface area contributed by atoms with Crippen molar-refractivity contribution in [3.8, 4) is 5.69 Å². The van der Waals surface area contributed by atoms with Crippen molar-refractivity contribution >= 4 is 11.6 Å². The van der Waals surface area contributed by atoms with Gasteiger partial charge in [0, 0.05) is 18.4 Å². The van der Waals surface area contributed by atoms with Crippen LogP contribution in [0.1, 0.15) is 40.9 Å². The summed E-state index contributed by atoms with van der Waals surface area (Å²) in [5.74, 6) is -5.07. The van der Waals surface area contributed by atoms with Gasteiger partial charge in [-0.05, 0) is 37.1 Å². The number of amides is 1. The van der Waals surface area contributed by atoms with E-state index in [0.29, 0.717) is 23.8 Å². The summed E-state index contributed by atoms with van der Waals surface area (Å²) in [7, 11) is 0. The molecule has 14 heteroatoms. The number of dihydropyridines is 1. The minimum Gasteiger partial charge on any atom is -0.359 e. The Labute approximate surface area is 194 Å². The lowest BCUT2D eigenvalue weighted by atomic mass is 10.2. The summed E-state index contributed by atoms with van der Waals surface area (Å²) in [4.78, 5) is 19.9. The van der Waals surface area contributed by atoms with Gasteiger partial charge in [0.05, 0.1) is 17.7 Å². The molecular formula is C21H17F5N8O. The zero-order chi connectivity index (χ0) is 24.8. The molecule has 2 aliphatic rings. The molecule has 0 radical (unpaired) electrons. The van der Waals surface area contributed by atoms with E-state index in [-0.39, 0.29) is 11.4 Å². The molecule has 3 aromatic heterocycles. The highest BCUT2D eigenvalue weighted by atomic mass is 19.4. The molecule has 0 saturated heterocycles. The largest absolute Gasteiger partial charge is 0.459 e. The minimum absolute atomic E-state index is 0.0761. The third-order valence-electron chi connectivity index (χ3n) is 5.45. The number of allylic oxidation sites excluding steroid dienone is 2. The molecule has 0 spiro atoms. The van der Waals surface area contributed by atoms with E-state index < -0.39 is 29.9 Å². The molecule has 35 heavy (non-hydrogen) atoms. The number of carbonyl (C=O) groups excluding carboxylic acids is 1. The van der Waals surface area contributed by atoms with Crippen molar-refractivity contribution in [3.63, 3.8) is 0 Å². The van der Waals surface area contributed by atoms with E-state index in [0.717, 1.165) is 23.7 Å². The molecule has 0 bridgehead atoms. The molecule has 1 fully saturated rings. The van der Waals surface area contributed by atoms with Crippen LogP contribution in [0, 0.1) is 0 Å². The first-order valence-electron chi connectivity index (χ1n) is 10.4. The quantitative estimate of drug-likeness (QED) is 0.513. The number of nitrogens with one attached hydrogen (secondary N) is 2. The van der Waals surface area contributed by atoms with Crippen molar-refractivity contribution in [1.82, 2.24) is 39.9 Å². The normalized spacial score (nSPS) is 18.2. The molecule has 1 amide bonds. The Kier molecular flexibility index (Phi) is 5.37. The smallest absolute Gasteiger partial charge is 0.359 e. The predicted molar refractivity (Wildman–Crippen MR) is 111 cm³/mol. The third kappa shape index (κ3) is 4.38. The third-order valence-corrected chi connectivity index (χ3v) is 5.45. The van der Waals surface area contributed by atoms with E-state index in [2.05, 4.69) is 30.8 Å². The lowest BCUT2D eigenvalue weighted by molar-refractivity contribution is -0.290. The van der Waals surface area contributed by atoms with Crippen LogP contribution in [0.25, 0.3) is 11.4 Å². The number of aromatic nitrogens is 6. The summed E-state index contributed by atoms with van der Waals surface area (Å²) in [5, 5.41) is 14.0. The van der Waals surface area contributed by atoms with Crippen molar-refractivity contribution in [2.24, 2.45) is 0 Å². The van der Waals surface area contributed by atoms with E-state index in [9.17, 15) is 26.7 Å². The Hall–Kier alpha value is -4.10. The van der Waals surface area contributed by atoms with Gasteiger partial charge in [0.1, 0.15) is 23.9 Å². The van der Waals surface area contributed by atoms with E-state index >= 15 is 0 Å². The summed E-state index contributed by atoms with van der Waals surface area (Å²) >= 11 is 0. The average molecular weight is 492 g/mol. The van der Waals surface area contributed by atoms with Crippen LogP contribution in [0.4, 0.5) is 22.0 Å². The molecule has 5 rings (SSSR count). The Morgan fingerprint density at radius 2 is 1.94 bits per heavy atom. The highest BCUT2D eigenvalue weighted by molar-refractivity contribution is 5.93. The van der Waals surface area contributed by atoms with Crippen molar-refractivity contribution in [2.75, 3.05) is 0 Å². The molecule has 1 unspecified atom stereocenters. The van der Waals surface area contributed by atoms with Crippen LogP contribution in [0.2, 0.25) is 0 Å². The van der Waals surface area contributed by atoms with Crippen molar-refractivity contribution < 1.29 is 26.7 Å². The number of halogens is 5. The molecule has 182 valence electrons. The molecule has 1 aliphatic carbocycles. The molecular weight excluding hydrogens is 475 g/mol. The van der Waals surface area contributed by atoms with Gasteiger partial charge >= 0.3 is 12.1 Å². The maximum Gasteiger partial charge on any atom is 0.459 e. The Morgan fingerprint density at radius 3 is 2.69 bits per heavy atom. The molecule has 0 aromatic carbocycles. The van der Waals surface area contributed by atoms with E-state index in [1.54, 1.807) is 24.6 Å². The van der Waals surface area contributed by atoms with Gasteiger partial charge in [0.25, 0.3) is 5.91 Å². The molecule has 1 saturated carbocycles. The fraction of sp³-hybridized carbons (Fsp3) is 0.286. The van der Waals surface area contributed by atoms with Crippen molar-refractivity contribution in [3.05, 3.63) is 72.6 Å². The van der Waals surface area contributed by atoms with Crippen LogP contribution in [0.5, 0.6) is 0 Å². The van der Waals surface area contributed by atoms with E-state index in [1.165, 1.54) is 18.3 Å². The fourth-order valence-electron chi connectivity index (χ4n) is 3.50. The van der Waals surface area contributed by atoms with E-state index in [4.69, 9.17) is 0 Å². The average Bonchev–Trinajstić information content (AvgIpc) is 3.33. The zero-order valence-corrected chi connectivity index (χ0v) is 17.7. The monoisotopic (exact) mass is 492 g/mol. The fourth-order valence-corrected chi connectivity index (χ4v) is 3.50.